The zero-order valence-corrected chi connectivity index (χ0v) is 8.53. The molecule has 0 radical (unpaired) electrons. The van der Waals surface area contributed by atoms with Crippen molar-refractivity contribution < 1.29 is 9.53 Å². The summed E-state index contributed by atoms with van der Waals surface area (Å²) in [5.41, 5.74) is 0.729. The van der Waals surface area contributed by atoms with Gasteiger partial charge < -0.3 is 10.1 Å². The summed E-state index contributed by atoms with van der Waals surface area (Å²) >= 11 is 0. The second-order valence-corrected chi connectivity index (χ2v) is 3.80. The molecule has 1 aromatic rings. The second-order valence-electron chi connectivity index (χ2n) is 3.80. The molecular weight excluding hydrogens is 194 g/mol. The standard InChI is InChI=1S/C10H15N3O2/c14-10(13-9-6-11-12-7-9)5-8-1-3-15-4-2-8/h6-8H,1-5H2,(H,11,12)(H,13,14). The third-order valence-electron chi connectivity index (χ3n) is 2.60. The van der Waals surface area contributed by atoms with Gasteiger partial charge >= 0.3 is 0 Å². The van der Waals surface area contributed by atoms with Crippen molar-refractivity contribution in [3.8, 4) is 0 Å². The van der Waals surface area contributed by atoms with E-state index in [1.165, 1.54) is 0 Å². The largest absolute Gasteiger partial charge is 0.381 e. The molecule has 0 spiro atoms. The van der Waals surface area contributed by atoms with Gasteiger partial charge in [0.25, 0.3) is 0 Å². The van der Waals surface area contributed by atoms with Crippen molar-refractivity contribution in [1.82, 2.24) is 10.2 Å². The fraction of sp³-hybridized carbons (Fsp3) is 0.600. The molecule has 2 N–H and O–H groups in total. The Morgan fingerprint density at radius 2 is 2.40 bits per heavy atom. The quantitative estimate of drug-likeness (QED) is 0.785. The van der Waals surface area contributed by atoms with E-state index in [4.69, 9.17) is 4.74 Å². The number of aromatic nitrogens is 2. The average Bonchev–Trinajstić information content (AvgIpc) is 2.71. The molecule has 5 nitrogen and oxygen atoms in total. The number of anilines is 1. The highest BCUT2D eigenvalue weighted by atomic mass is 16.5. The highest BCUT2D eigenvalue weighted by Gasteiger charge is 2.17. The lowest BCUT2D eigenvalue weighted by Gasteiger charge is -2.21. The number of rotatable bonds is 3. The molecule has 0 bridgehead atoms. The summed E-state index contributed by atoms with van der Waals surface area (Å²) in [7, 11) is 0. The van der Waals surface area contributed by atoms with Crippen LogP contribution in [0.1, 0.15) is 19.3 Å². The predicted octanol–water partition coefficient (Wildman–Crippen LogP) is 1.16. The first kappa shape index (κ1) is 10.2. The van der Waals surface area contributed by atoms with Crippen LogP contribution >= 0.6 is 0 Å². The Kier molecular flexibility index (Phi) is 3.34. The highest BCUT2D eigenvalue weighted by molar-refractivity contribution is 5.90. The topological polar surface area (TPSA) is 67.0 Å². The van der Waals surface area contributed by atoms with E-state index in [9.17, 15) is 4.79 Å². The molecule has 5 heteroatoms. The fourth-order valence-electron chi connectivity index (χ4n) is 1.74. The van der Waals surface area contributed by atoms with E-state index in [0.717, 1.165) is 31.7 Å². The van der Waals surface area contributed by atoms with E-state index in [2.05, 4.69) is 15.5 Å². The van der Waals surface area contributed by atoms with Gasteiger partial charge in [0.15, 0.2) is 0 Å². The fourth-order valence-corrected chi connectivity index (χ4v) is 1.74. The Balaban J connectivity index is 1.76. The zero-order chi connectivity index (χ0) is 10.5. The minimum atomic E-state index is 0.0586. The number of H-pyrrole nitrogens is 1. The third kappa shape index (κ3) is 3.06. The summed E-state index contributed by atoms with van der Waals surface area (Å²) in [5, 5.41) is 9.21. The molecule has 1 aliphatic rings. The number of nitrogens with one attached hydrogen (secondary N) is 2. The molecule has 2 rings (SSSR count). The van der Waals surface area contributed by atoms with Gasteiger partial charge in [0, 0.05) is 25.8 Å². The van der Waals surface area contributed by atoms with E-state index in [1.807, 2.05) is 0 Å². The van der Waals surface area contributed by atoms with Gasteiger partial charge in [-0.05, 0) is 18.8 Å². The van der Waals surface area contributed by atoms with Crippen molar-refractivity contribution in [3.05, 3.63) is 12.4 Å². The van der Waals surface area contributed by atoms with Crippen molar-refractivity contribution in [3.63, 3.8) is 0 Å². The molecule has 1 amide bonds. The number of carbonyl (C=O) groups is 1. The van der Waals surface area contributed by atoms with Crippen molar-refractivity contribution in [2.75, 3.05) is 18.5 Å². The molecule has 2 heterocycles. The van der Waals surface area contributed by atoms with Crippen LogP contribution in [0.2, 0.25) is 0 Å². The van der Waals surface area contributed by atoms with Crippen molar-refractivity contribution in [2.24, 2.45) is 5.92 Å². The van der Waals surface area contributed by atoms with Crippen LogP contribution in [-0.2, 0) is 9.53 Å². The third-order valence-corrected chi connectivity index (χ3v) is 2.60. The summed E-state index contributed by atoms with van der Waals surface area (Å²) in [6.07, 6.45) is 5.82. The normalized spacial score (nSPS) is 17.6. The Hall–Kier alpha value is -1.36. The van der Waals surface area contributed by atoms with Gasteiger partial charge in [0.2, 0.25) is 5.91 Å². The molecular formula is C10H15N3O2. The first-order valence-electron chi connectivity index (χ1n) is 5.21. The van der Waals surface area contributed by atoms with Crippen LogP contribution in [0.4, 0.5) is 5.69 Å². The molecule has 1 saturated heterocycles. The summed E-state index contributed by atoms with van der Waals surface area (Å²) in [4.78, 5) is 11.6. The van der Waals surface area contributed by atoms with Crippen LogP contribution in [0.3, 0.4) is 0 Å². The molecule has 1 aliphatic heterocycles. The van der Waals surface area contributed by atoms with E-state index in [1.54, 1.807) is 12.4 Å². The van der Waals surface area contributed by atoms with Crippen LogP contribution in [0.25, 0.3) is 0 Å². The number of aromatic amines is 1. The first-order chi connectivity index (χ1) is 7.34. The minimum Gasteiger partial charge on any atom is -0.381 e. The molecule has 0 saturated carbocycles. The lowest BCUT2D eigenvalue weighted by atomic mass is 9.96. The molecule has 0 atom stereocenters. The minimum absolute atomic E-state index is 0.0586. The predicted molar refractivity (Wildman–Crippen MR) is 55.4 cm³/mol. The van der Waals surface area contributed by atoms with Gasteiger partial charge in [-0.3, -0.25) is 9.89 Å². The maximum atomic E-state index is 11.6. The first-order valence-corrected chi connectivity index (χ1v) is 5.21. The maximum Gasteiger partial charge on any atom is 0.224 e. The van der Waals surface area contributed by atoms with Crippen LogP contribution < -0.4 is 5.32 Å². The lowest BCUT2D eigenvalue weighted by molar-refractivity contribution is -0.117. The Bertz CT molecular complexity index is 304. The smallest absolute Gasteiger partial charge is 0.224 e. The van der Waals surface area contributed by atoms with Gasteiger partial charge in [-0.1, -0.05) is 0 Å². The van der Waals surface area contributed by atoms with Gasteiger partial charge in [-0.2, -0.15) is 5.10 Å². The van der Waals surface area contributed by atoms with Crippen molar-refractivity contribution in [1.29, 1.82) is 0 Å². The van der Waals surface area contributed by atoms with Gasteiger partial charge in [0.1, 0.15) is 0 Å². The van der Waals surface area contributed by atoms with E-state index >= 15 is 0 Å². The van der Waals surface area contributed by atoms with E-state index in [-0.39, 0.29) is 5.91 Å². The monoisotopic (exact) mass is 209 g/mol. The van der Waals surface area contributed by atoms with Crippen molar-refractivity contribution >= 4 is 11.6 Å². The number of hydrogen-bond acceptors (Lipinski definition) is 3. The molecule has 0 aromatic carbocycles. The van der Waals surface area contributed by atoms with Gasteiger partial charge in [-0.15, -0.1) is 0 Å². The van der Waals surface area contributed by atoms with Crippen LogP contribution in [-0.4, -0.2) is 29.3 Å². The van der Waals surface area contributed by atoms with E-state index in [0.29, 0.717) is 12.3 Å². The number of amides is 1. The van der Waals surface area contributed by atoms with Gasteiger partial charge in [0.05, 0.1) is 11.9 Å². The molecule has 0 aliphatic carbocycles. The number of nitrogens with zero attached hydrogens (tertiary/aromatic N) is 1. The average molecular weight is 209 g/mol. The Morgan fingerprint density at radius 3 is 3.07 bits per heavy atom. The second kappa shape index (κ2) is 4.93. The van der Waals surface area contributed by atoms with Gasteiger partial charge in [-0.25, -0.2) is 0 Å². The van der Waals surface area contributed by atoms with Crippen LogP contribution in [0.15, 0.2) is 12.4 Å². The zero-order valence-electron chi connectivity index (χ0n) is 8.53. The Morgan fingerprint density at radius 1 is 1.60 bits per heavy atom. The molecule has 0 unspecified atom stereocenters. The SMILES string of the molecule is O=C(CC1CCOCC1)Nc1cn[nH]c1. The van der Waals surface area contributed by atoms with Crippen LogP contribution in [0.5, 0.6) is 0 Å². The molecule has 15 heavy (non-hydrogen) atoms. The summed E-state index contributed by atoms with van der Waals surface area (Å²) < 4.78 is 5.24. The number of ether oxygens (including phenoxy) is 1. The number of hydrogen-bond donors (Lipinski definition) is 2. The maximum absolute atomic E-state index is 11.6. The van der Waals surface area contributed by atoms with E-state index < -0.39 is 0 Å². The Labute approximate surface area is 88.2 Å². The van der Waals surface area contributed by atoms with Crippen molar-refractivity contribution in [2.45, 2.75) is 19.3 Å². The summed E-state index contributed by atoms with van der Waals surface area (Å²) in [6, 6.07) is 0. The number of carbonyl (C=O) groups excluding carboxylic acids is 1. The lowest BCUT2D eigenvalue weighted by Crippen LogP contribution is -2.22. The highest BCUT2D eigenvalue weighted by Crippen LogP contribution is 2.18. The summed E-state index contributed by atoms with van der Waals surface area (Å²) in [5.74, 6) is 0.522. The molecule has 82 valence electrons. The van der Waals surface area contributed by atoms with Crippen LogP contribution in [0, 0.1) is 5.92 Å². The molecule has 1 aromatic heterocycles. The molecule has 1 fully saturated rings. The summed E-state index contributed by atoms with van der Waals surface area (Å²) in [6.45, 7) is 1.56.